The van der Waals surface area contributed by atoms with E-state index in [-0.39, 0.29) is 10.2 Å². The van der Waals surface area contributed by atoms with Crippen molar-refractivity contribution < 1.29 is 18.8 Å². The number of hydrogen-bond donors (Lipinski definition) is 0. The smallest absolute Gasteiger partial charge is 0.314 e. The van der Waals surface area contributed by atoms with Gasteiger partial charge in [0.25, 0.3) is 0 Å². The van der Waals surface area contributed by atoms with Crippen molar-refractivity contribution >= 4 is 37.5 Å². The maximum absolute atomic E-state index is 13.4. The summed E-state index contributed by atoms with van der Waals surface area (Å²) >= 11 is 6.25. The summed E-state index contributed by atoms with van der Waals surface area (Å²) in [4.78, 5) is 10.3. The molecule has 0 heterocycles. The molecule has 110 valence electrons. The van der Waals surface area contributed by atoms with Crippen molar-refractivity contribution in [1.82, 2.24) is 0 Å². The fourth-order valence-corrected chi connectivity index (χ4v) is 2.31. The van der Waals surface area contributed by atoms with Crippen LogP contribution in [-0.4, -0.2) is 12.0 Å². The molecule has 0 fully saturated rings. The van der Waals surface area contributed by atoms with E-state index < -0.39 is 16.4 Å². The number of methoxy groups -OCH3 is 1. The number of benzene rings is 2. The third kappa shape index (κ3) is 3.51. The second-order valence-electron chi connectivity index (χ2n) is 3.89. The number of ether oxygens (including phenoxy) is 2. The third-order valence-corrected chi connectivity index (χ3v) is 3.78. The first-order valence-corrected chi connectivity index (χ1v) is 7.16. The summed E-state index contributed by atoms with van der Waals surface area (Å²) < 4.78 is 24.6. The van der Waals surface area contributed by atoms with E-state index in [4.69, 9.17) is 9.47 Å². The van der Waals surface area contributed by atoms with Gasteiger partial charge in [0.1, 0.15) is 17.3 Å². The van der Waals surface area contributed by atoms with Gasteiger partial charge in [-0.15, -0.1) is 0 Å². The maximum Gasteiger partial charge on any atom is 0.314 e. The van der Waals surface area contributed by atoms with Crippen LogP contribution in [0.2, 0.25) is 0 Å². The minimum atomic E-state index is -0.733. The Kier molecular flexibility index (Phi) is 4.79. The summed E-state index contributed by atoms with van der Waals surface area (Å²) in [7, 11) is 1.52. The molecule has 0 saturated heterocycles. The van der Waals surface area contributed by atoms with Crippen LogP contribution in [0, 0.1) is 15.9 Å². The first-order valence-electron chi connectivity index (χ1n) is 5.57. The second kappa shape index (κ2) is 6.40. The zero-order valence-corrected chi connectivity index (χ0v) is 13.8. The molecule has 2 aromatic rings. The van der Waals surface area contributed by atoms with E-state index in [1.165, 1.54) is 13.2 Å². The van der Waals surface area contributed by atoms with Crippen molar-refractivity contribution in [2.75, 3.05) is 7.11 Å². The second-order valence-corrected chi connectivity index (χ2v) is 5.60. The van der Waals surface area contributed by atoms with Gasteiger partial charge in [0, 0.05) is 6.07 Å². The lowest BCUT2D eigenvalue weighted by Crippen LogP contribution is -1.96. The van der Waals surface area contributed by atoms with Crippen LogP contribution in [0.4, 0.5) is 10.1 Å². The molecule has 0 N–H and O–H groups in total. The maximum atomic E-state index is 13.4. The highest BCUT2D eigenvalue weighted by Crippen LogP contribution is 2.38. The Morgan fingerprint density at radius 3 is 2.43 bits per heavy atom. The van der Waals surface area contributed by atoms with Crippen molar-refractivity contribution in [2.45, 2.75) is 0 Å². The topological polar surface area (TPSA) is 61.6 Å². The van der Waals surface area contributed by atoms with Crippen LogP contribution in [0.5, 0.6) is 17.2 Å². The largest absolute Gasteiger partial charge is 0.497 e. The Bertz CT molecular complexity index is 709. The van der Waals surface area contributed by atoms with Crippen LogP contribution >= 0.6 is 31.9 Å². The summed E-state index contributed by atoms with van der Waals surface area (Å²) in [5.41, 5.74) is -0.460. The molecule has 0 spiro atoms. The fourth-order valence-electron chi connectivity index (χ4n) is 1.55. The Morgan fingerprint density at radius 1 is 1.14 bits per heavy atom. The number of nitro groups is 1. The molecule has 2 aromatic carbocycles. The molecule has 0 aromatic heterocycles. The predicted molar refractivity (Wildman–Crippen MR) is 81.5 cm³/mol. The molecule has 0 atom stereocenters. The lowest BCUT2D eigenvalue weighted by Gasteiger charge is -2.10. The molecule has 0 radical (unpaired) electrons. The van der Waals surface area contributed by atoms with E-state index in [0.717, 1.165) is 6.07 Å². The van der Waals surface area contributed by atoms with Crippen molar-refractivity contribution in [3.8, 4) is 17.2 Å². The Morgan fingerprint density at radius 2 is 1.86 bits per heavy atom. The van der Waals surface area contributed by atoms with Crippen LogP contribution in [0.25, 0.3) is 0 Å². The highest BCUT2D eigenvalue weighted by molar-refractivity contribution is 9.10. The van der Waals surface area contributed by atoms with Crippen molar-refractivity contribution in [1.29, 1.82) is 0 Å². The molecule has 5 nitrogen and oxygen atoms in total. The van der Waals surface area contributed by atoms with Gasteiger partial charge >= 0.3 is 5.69 Å². The van der Waals surface area contributed by atoms with Gasteiger partial charge < -0.3 is 9.47 Å². The molecular weight excluding hydrogens is 413 g/mol. The highest BCUT2D eigenvalue weighted by Gasteiger charge is 2.20. The lowest BCUT2D eigenvalue weighted by atomic mass is 10.2. The molecule has 21 heavy (non-hydrogen) atoms. The molecule has 0 unspecified atom stereocenters. The lowest BCUT2D eigenvalue weighted by molar-refractivity contribution is -0.385. The minimum Gasteiger partial charge on any atom is -0.497 e. The SMILES string of the molecule is COc1ccc(Oc2cc(Br)c(F)cc2[N+](=O)[O-])c(Br)c1. The molecule has 8 heteroatoms. The zero-order valence-electron chi connectivity index (χ0n) is 10.6. The summed E-state index contributed by atoms with van der Waals surface area (Å²) in [6.45, 7) is 0. The monoisotopic (exact) mass is 419 g/mol. The van der Waals surface area contributed by atoms with Gasteiger partial charge in [0.2, 0.25) is 5.75 Å². The van der Waals surface area contributed by atoms with Crippen molar-refractivity contribution in [3.63, 3.8) is 0 Å². The van der Waals surface area contributed by atoms with Gasteiger partial charge in [0.15, 0.2) is 0 Å². The summed E-state index contributed by atoms with van der Waals surface area (Å²) in [5, 5.41) is 11.0. The predicted octanol–water partition coefficient (Wildman–Crippen LogP) is 5.06. The van der Waals surface area contributed by atoms with Crippen LogP contribution < -0.4 is 9.47 Å². The molecular formula is C13H8Br2FNO4. The molecule has 0 amide bonds. The zero-order chi connectivity index (χ0) is 15.6. The summed E-state index contributed by atoms with van der Waals surface area (Å²) in [6.07, 6.45) is 0. The first kappa shape index (κ1) is 15.7. The van der Waals surface area contributed by atoms with E-state index in [9.17, 15) is 14.5 Å². The van der Waals surface area contributed by atoms with E-state index in [1.54, 1.807) is 18.2 Å². The number of nitrogens with zero attached hydrogens (tertiary/aromatic N) is 1. The Hall–Kier alpha value is -1.67. The van der Waals surface area contributed by atoms with Crippen LogP contribution in [0.15, 0.2) is 39.3 Å². The van der Waals surface area contributed by atoms with Gasteiger partial charge in [0.05, 0.1) is 27.0 Å². The average Bonchev–Trinajstić information content (AvgIpc) is 2.44. The highest BCUT2D eigenvalue weighted by atomic mass is 79.9. The number of halogens is 3. The van der Waals surface area contributed by atoms with Gasteiger partial charge in [-0.05, 0) is 50.1 Å². The van der Waals surface area contributed by atoms with Gasteiger partial charge in [-0.25, -0.2) is 4.39 Å². The number of hydrogen-bond acceptors (Lipinski definition) is 4. The standard InChI is InChI=1S/C13H8Br2FNO4/c1-20-7-2-3-12(9(15)4-7)21-13-5-8(14)10(16)6-11(13)17(18)19/h2-6H,1H3. The molecule has 0 aliphatic carbocycles. The molecule has 2 rings (SSSR count). The van der Waals surface area contributed by atoms with E-state index >= 15 is 0 Å². The molecule has 0 saturated carbocycles. The van der Waals surface area contributed by atoms with Crippen LogP contribution in [0.1, 0.15) is 0 Å². The molecule has 0 bridgehead atoms. The van der Waals surface area contributed by atoms with Crippen molar-refractivity contribution in [2.24, 2.45) is 0 Å². The van der Waals surface area contributed by atoms with E-state index in [1.807, 2.05) is 0 Å². The van der Waals surface area contributed by atoms with Crippen molar-refractivity contribution in [3.05, 3.63) is 55.2 Å². The quantitative estimate of drug-likeness (QED) is 0.512. The van der Waals surface area contributed by atoms with E-state index in [0.29, 0.717) is 16.0 Å². The number of nitro benzene ring substituents is 1. The molecule has 0 aliphatic rings. The molecule has 0 aliphatic heterocycles. The minimum absolute atomic E-state index is 0.0702. The summed E-state index contributed by atoms with van der Waals surface area (Å²) in [5.74, 6) is 0.142. The average molecular weight is 421 g/mol. The van der Waals surface area contributed by atoms with Crippen LogP contribution in [-0.2, 0) is 0 Å². The van der Waals surface area contributed by atoms with Gasteiger partial charge in [-0.2, -0.15) is 0 Å². The van der Waals surface area contributed by atoms with Gasteiger partial charge in [-0.3, -0.25) is 10.1 Å². The first-order chi connectivity index (χ1) is 9.92. The third-order valence-electron chi connectivity index (χ3n) is 2.56. The van der Waals surface area contributed by atoms with Gasteiger partial charge in [-0.1, -0.05) is 0 Å². The summed E-state index contributed by atoms with van der Waals surface area (Å²) in [6, 6.07) is 6.90. The van der Waals surface area contributed by atoms with E-state index in [2.05, 4.69) is 31.9 Å². The Balaban J connectivity index is 2.43. The Labute approximate surface area is 136 Å². The number of rotatable bonds is 4. The van der Waals surface area contributed by atoms with Crippen LogP contribution in [0.3, 0.4) is 0 Å². The normalized spacial score (nSPS) is 10.3. The fraction of sp³-hybridized carbons (Fsp3) is 0.0769.